The van der Waals surface area contributed by atoms with Gasteiger partial charge in [0, 0.05) is 38.2 Å². The Labute approximate surface area is 135 Å². The zero-order valence-corrected chi connectivity index (χ0v) is 12.9. The Morgan fingerprint density at radius 3 is 2.83 bits per heavy atom. The maximum absolute atomic E-state index is 11.8. The normalized spacial score (nSPS) is 10.1. The molecule has 0 saturated heterocycles. The van der Waals surface area contributed by atoms with Crippen molar-refractivity contribution in [3.8, 4) is 0 Å². The molecule has 2 rings (SSSR count). The van der Waals surface area contributed by atoms with Crippen LogP contribution in [0.5, 0.6) is 0 Å². The lowest BCUT2D eigenvalue weighted by atomic mass is 10.2. The van der Waals surface area contributed by atoms with Gasteiger partial charge >= 0.3 is 0 Å². The number of aliphatic hydroxyl groups excluding tert-OH is 1. The molecule has 0 aliphatic heterocycles. The van der Waals surface area contributed by atoms with Crippen LogP contribution in [0.3, 0.4) is 0 Å². The first-order chi connectivity index (χ1) is 11.2. The average molecular weight is 312 g/mol. The smallest absolute Gasteiger partial charge is 0.253 e. The number of pyridine rings is 2. The highest BCUT2D eigenvalue weighted by atomic mass is 16.3. The van der Waals surface area contributed by atoms with E-state index in [0.717, 1.165) is 5.56 Å². The molecule has 0 saturated carbocycles. The van der Waals surface area contributed by atoms with Crippen molar-refractivity contribution in [1.29, 1.82) is 0 Å². The Morgan fingerprint density at radius 2 is 2.22 bits per heavy atom. The largest absolute Gasteiger partial charge is 0.395 e. The fraction of sp³-hybridized carbons (Fsp3) is 0.235. The lowest BCUT2D eigenvalue weighted by Gasteiger charge is -2.22. The van der Waals surface area contributed by atoms with Gasteiger partial charge in [-0.2, -0.15) is 0 Å². The first-order valence-corrected chi connectivity index (χ1v) is 7.34. The summed E-state index contributed by atoms with van der Waals surface area (Å²) in [6.07, 6.45) is 6.65. The summed E-state index contributed by atoms with van der Waals surface area (Å²) in [5, 5.41) is 12.0. The van der Waals surface area contributed by atoms with E-state index in [1.165, 1.54) is 6.20 Å². The van der Waals surface area contributed by atoms with E-state index in [1.807, 2.05) is 17.0 Å². The number of aromatic nitrogens is 2. The molecule has 2 N–H and O–H groups in total. The van der Waals surface area contributed by atoms with Gasteiger partial charge in [0.25, 0.3) is 5.91 Å². The van der Waals surface area contributed by atoms with Crippen LogP contribution in [-0.4, -0.2) is 40.7 Å². The number of aliphatic hydroxyl groups is 1. The number of nitrogens with zero attached hydrogens (tertiary/aromatic N) is 3. The average Bonchev–Trinajstić information content (AvgIpc) is 2.60. The molecule has 0 fully saturated rings. The summed E-state index contributed by atoms with van der Waals surface area (Å²) in [5.74, 6) is 0.507. The van der Waals surface area contributed by atoms with Gasteiger partial charge in [-0.1, -0.05) is 12.1 Å². The molecule has 6 heteroatoms. The van der Waals surface area contributed by atoms with E-state index in [2.05, 4.69) is 21.9 Å². The summed E-state index contributed by atoms with van der Waals surface area (Å²) in [6, 6.07) is 7.32. The first-order valence-electron chi connectivity index (χ1n) is 7.34. The highest BCUT2D eigenvalue weighted by Gasteiger charge is 2.10. The maximum Gasteiger partial charge on any atom is 0.253 e. The van der Waals surface area contributed by atoms with Gasteiger partial charge in [-0.25, -0.2) is 4.98 Å². The number of anilines is 1. The van der Waals surface area contributed by atoms with Crippen molar-refractivity contribution in [3.05, 3.63) is 66.6 Å². The van der Waals surface area contributed by atoms with Gasteiger partial charge in [0.15, 0.2) is 0 Å². The summed E-state index contributed by atoms with van der Waals surface area (Å²) >= 11 is 0. The minimum absolute atomic E-state index is 0.0174. The summed E-state index contributed by atoms with van der Waals surface area (Å²) in [4.78, 5) is 22.2. The summed E-state index contributed by atoms with van der Waals surface area (Å²) in [5.41, 5.74) is 1.51. The number of hydrogen-bond donors (Lipinski definition) is 2. The Hall–Kier alpha value is -2.73. The lowest BCUT2D eigenvalue weighted by Crippen LogP contribution is -2.27. The van der Waals surface area contributed by atoms with Gasteiger partial charge in [0.05, 0.1) is 12.2 Å². The standard InChI is InChI=1S/C17H20N4O2/c1-2-7-19-17(23)15-5-6-16(20-12-15)21(9-10-22)13-14-4-3-8-18-11-14/h2-6,8,11-12,22H,1,7,9-10,13H2,(H,19,23). The topological polar surface area (TPSA) is 78.4 Å². The van der Waals surface area contributed by atoms with Crippen molar-refractivity contribution in [2.75, 3.05) is 24.6 Å². The molecule has 0 atom stereocenters. The summed E-state index contributed by atoms with van der Waals surface area (Å²) < 4.78 is 0. The van der Waals surface area contributed by atoms with Gasteiger partial charge in [-0.3, -0.25) is 9.78 Å². The SMILES string of the molecule is C=CCNC(=O)c1ccc(N(CCO)Cc2cccnc2)nc1. The van der Waals surface area contributed by atoms with Crippen molar-refractivity contribution in [1.82, 2.24) is 15.3 Å². The monoisotopic (exact) mass is 312 g/mol. The highest BCUT2D eigenvalue weighted by Crippen LogP contribution is 2.14. The van der Waals surface area contributed by atoms with Crippen LogP contribution in [0.4, 0.5) is 5.82 Å². The molecule has 0 aliphatic carbocycles. The van der Waals surface area contributed by atoms with Crippen LogP contribution >= 0.6 is 0 Å². The summed E-state index contributed by atoms with van der Waals surface area (Å²) in [7, 11) is 0. The molecule has 120 valence electrons. The quantitative estimate of drug-likeness (QED) is 0.720. The van der Waals surface area contributed by atoms with Crippen LogP contribution in [0.25, 0.3) is 0 Å². The zero-order valence-electron chi connectivity index (χ0n) is 12.9. The molecule has 1 amide bonds. The first kappa shape index (κ1) is 16.6. The van der Waals surface area contributed by atoms with Crippen molar-refractivity contribution >= 4 is 11.7 Å². The molecule has 0 aromatic carbocycles. The third-order valence-electron chi connectivity index (χ3n) is 3.21. The van der Waals surface area contributed by atoms with Crippen LogP contribution in [0.2, 0.25) is 0 Å². The van der Waals surface area contributed by atoms with E-state index < -0.39 is 0 Å². The molecule has 0 bridgehead atoms. The molecule has 23 heavy (non-hydrogen) atoms. The van der Waals surface area contributed by atoms with E-state index in [1.54, 1.807) is 30.6 Å². The molecular formula is C17H20N4O2. The van der Waals surface area contributed by atoms with Crippen molar-refractivity contribution < 1.29 is 9.90 Å². The van der Waals surface area contributed by atoms with Gasteiger partial charge in [0.1, 0.15) is 5.82 Å². The van der Waals surface area contributed by atoms with Gasteiger partial charge in [-0.05, 0) is 23.8 Å². The van der Waals surface area contributed by atoms with E-state index >= 15 is 0 Å². The van der Waals surface area contributed by atoms with Crippen LogP contribution in [0.15, 0.2) is 55.5 Å². The minimum atomic E-state index is -0.190. The Morgan fingerprint density at radius 1 is 1.35 bits per heavy atom. The Balaban J connectivity index is 2.10. The number of carbonyl (C=O) groups is 1. The molecule has 2 heterocycles. The highest BCUT2D eigenvalue weighted by molar-refractivity contribution is 5.94. The molecule has 0 aliphatic rings. The fourth-order valence-corrected chi connectivity index (χ4v) is 2.08. The van der Waals surface area contributed by atoms with Crippen molar-refractivity contribution in [2.45, 2.75) is 6.54 Å². The molecule has 6 nitrogen and oxygen atoms in total. The Bertz CT molecular complexity index is 629. The minimum Gasteiger partial charge on any atom is -0.395 e. The zero-order chi connectivity index (χ0) is 16.5. The van der Waals surface area contributed by atoms with Gasteiger partial charge < -0.3 is 15.3 Å². The number of carbonyl (C=O) groups excluding carboxylic acids is 1. The lowest BCUT2D eigenvalue weighted by molar-refractivity contribution is 0.0957. The van der Waals surface area contributed by atoms with Gasteiger partial charge in [0.2, 0.25) is 0 Å². The molecule has 2 aromatic heterocycles. The predicted octanol–water partition coefficient (Wildman–Crippen LogP) is 1.39. The van der Waals surface area contributed by atoms with Crippen molar-refractivity contribution in [2.24, 2.45) is 0 Å². The van der Waals surface area contributed by atoms with Crippen LogP contribution in [0, 0.1) is 0 Å². The van der Waals surface area contributed by atoms with Crippen LogP contribution < -0.4 is 10.2 Å². The molecule has 0 radical (unpaired) electrons. The fourth-order valence-electron chi connectivity index (χ4n) is 2.08. The van der Waals surface area contributed by atoms with Crippen LogP contribution in [0.1, 0.15) is 15.9 Å². The van der Waals surface area contributed by atoms with E-state index in [4.69, 9.17) is 0 Å². The van der Waals surface area contributed by atoms with Crippen LogP contribution in [-0.2, 0) is 6.54 Å². The molecule has 0 spiro atoms. The molecule has 0 unspecified atom stereocenters. The predicted molar refractivity (Wildman–Crippen MR) is 89.1 cm³/mol. The number of amides is 1. The summed E-state index contributed by atoms with van der Waals surface area (Å²) in [6.45, 7) is 5.03. The third kappa shape index (κ3) is 4.89. The van der Waals surface area contributed by atoms with Crippen molar-refractivity contribution in [3.63, 3.8) is 0 Å². The van der Waals surface area contributed by atoms with E-state index in [9.17, 15) is 9.90 Å². The third-order valence-corrected chi connectivity index (χ3v) is 3.21. The second-order valence-corrected chi connectivity index (χ2v) is 4.91. The number of hydrogen-bond acceptors (Lipinski definition) is 5. The number of rotatable bonds is 8. The van der Waals surface area contributed by atoms with E-state index in [-0.39, 0.29) is 12.5 Å². The molecule has 2 aromatic rings. The maximum atomic E-state index is 11.8. The second kappa shape index (κ2) is 8.65. The second-order valence-electron chi connectivity index (χ2n) is 4.91. The number of nitrogens with one attached hydrogen (secondary N) is 1. The molecular weight excluding hydrogens is 292 g/mol. The van der Waals surface area contributed by atoms with Gasteiger partial charge in [-0.15, -0.1) is 6.58 Å². The Kier molecular flexibility index (Phi) is 6.26. The van der Waals surface area contributed by atoms with E-state index in [0.29, 0.717) is 31.0 Å².